The third kappa shape index (κ3) is 6.58. The minimum Gasteiger partial charge on any atom is -0.313 e. The Hall–Kier alpha value is -0.300. The highest BCUT2D eigenvalue weighted by molar-refractivity contribution is 5.09. The van der Waals surface area contributed by atoms with Crippen molar-refractivity contribution in [3.05, 3.63) is 11.6 Å². The van der Waals surface area contributed by atoms with Crippen LogP contribution in [-0.2, 0) is 0 Å². The maximum Gasteiger partial charge on any atom is 0.0167 e. The molecule has 1 rings (SSSR count). The Morgan fingerprint density at radius 1 is 1.06 bits per heavy atom. The second-order valence-electron chi connectivity index (χ2n) is 6.67. The van der Waals surface area contributed by atoms with Crippen LogP contribution in [0.25, 0.3) is 0 Å². The summed E-state index contributed by atoms with van der Waals surface area (Å²) in [7, 11) is 0. The Morgan fingerprint density at radius 3 is 2.17 bits per heavy atom. The fourth-order valence-corrected chi connectivity index (χ4v) is 2.74. The molecule has 1 N–H and O–H groups in total. The fraction of sp³-hybridized carbons (Fsp3) is 0.882. The molecule has 1 nitrogen and oxygen atoms in total. The Kier molecular flexibility index (Phi) is 7.65. The van der Waals surface area contributed by atoms with E-state index < -0.39 is 0 Å². The highest BCUT2D eigenvalue weighted by atomic mass is 14.9. The first-order chi connectivity index (χ1) is 8.59. The van der Waals surface area contributed by atoms with Crippen molar-refractivity contribution in [2.75, 3.05) is 13.1 Å². The summed E-state index contributed by atoms with van der Waals surface area (Å²) in [4.78, 5) is 0. The zero-order chi connectivity index (χ0) is 13.4. The Morgan fingerprint density at radius 2 is 1.67 bits per heavy atom. The molecule has 1 heteroatoms. The van der Waals surface area contributed by atoms with Crippen molar-refractivity contribution in [2.45, 2.75) is 66.2 Å². The van der Waals surface area contributed by atoms with Gasteiger partial charge in [-0.3, -0.25) is 0 Å². The van der Waals surface area contributed by atoms with Gasteiger partial charge in [-0.15, -0.1) is 0 Å². The smallest absolute Gasteiger partial charge is 0.0167 e. The molecule has 0 spiro atoms. The van der Waals surface area contributed by atoms with E-state index in [1.165, 1.54) is 38.5 Å². The largest absolute Gasteiger partial charge is 0.313 e. The number of hydrogen-bond donors (Lipinski definition) is 1. The third-order valence-electron chi connectivity index (χ3n) is 3.97. The molecule has 1 fully saturated rings. The molecule has 0 bridgehead atoms. The first-order valence-corrected chi connectivity index (χ1v) is 8.01. The van der Waals surface area contributed by atoms with Gasteiger partial charge in [-0.05, 0) is 37.1 Å². The quantitative estimate of drug-likeness (QED) is 0.529. The van der Waals surface area contributed by atoms with Gasteiger partial charge in [0.15, 0.2) is 0 Å². The van der Waals surface area contributed by atoms with Crippen molar-refractivity contribution < 1.29 is 0 Å². The maximum atomic E-state index is 3.60. The predicted octanol–water partition coefficient (Wildman–Crippen LogP) is 4.78. The van der Waals surface area contributed by atoms with Crippen LogP contribution in [0.2, 0.25) is 0 Å². The van der Waals surface area contributed by atoms with Crippen molar-refractivity contribution >= 4 is 0 Å². The van der Waals surface area contributed by atoms with Crippen LogP contribution in [0, 0.1) is 17.8 Å². The Labute approximate surface area is 114 Å². The van der Waals surface area contributed by atoms with Crippen LogP contribution < -0.4 is 5.32 Å². The van der Waals surface area contributed by atoms with E-state index in [1.807, 2.05) is 0 Å². The topological polar surface area (TPSA) is 12.0 Å². The van der Waals surface area contributed by atoms with Crippen LogP contribution in [0.1, 0.15) is 66.2 Å². The minimum absolute atomic E-state index is 0.688. The number of rotatable bonds is 6. The molecule has 0 aromatic rings. The molecule has 0 unspecified atom stereocenters. The summed E-state index contributed by atoms with van der Waals surface area (Å²) in [5.74, 6) is 2.29. The van der Waals surface area contributed by atoms with Crippen molar-refractivity contribution in [3.8, 4) is 0 Å². The molecule has 0 aromatic heterocycles. The number of hydrogen-bond acceptors (Lipinski definition) is 1. The predicted molar refractivity (Wildman–Crippen MR) is 81.8 cm³/mol. The minimum atomic E-state index is 0.688. The molecule has 0 amide bonds. The lowest BCUT2D eigenvalue weighted by Gasteiger charge is -2.18. The molecule has 1 aliphatic rings. The van der Waals surface area contributed by atoms with E-state index in [0.717, 1.165) is 24.9 Å². The summed E-state index contributed by atoms with van der Waals surface area (Å²) in [5, 5.41) is 3.60. The zero-order valence-corrected chi connectivity index (χ0v) is 13.0. The van der Waals surface area contributed by atoms with Crippen LogP contribution >= 0.6 is 0 Å². The SMILES string of the molecule is CC(C)CNCC(=CC1CCCCCC1)C(C)C. The highest BCUT2D eigenvalue weighted by Crippen LogP contribution is 2.26. The third-order valence-corrected chi connectivity index (χ3v) is 3.97. The Balaban J connectivity index is 2.47. The second-order valence-corrected chi connectivity index (χ2v) is 6.67. The number of allylic oxidation sites excluding steroid dienone is 1. The summed E-state index contributed by atoms with van der Waals surface area (Å²) in [6, 6.07) is 0. The monoisotopic (exact) mass is 251 g/mol. The summed E-state index contributed by atoms with van der Waals surface area (Å²) in [5.41, 5.74) is 1.63. The maximum absolute atomic E-state index is 3.60. The average molecular weight is 251 g/mol. The lowest BCUT2D eigenvalue weighted by Crippen LogP contribution is -2.24. The van der Waals surface area contributed by atoms with E-state index in [2.05, 4.69) is 39.1 Å². The molecule has 0 heterocycles. The lowest BCUT2D eigenvalue weighted by molar-refractivity contribution is 0.530. The van der Waals surface area contributed by atoms with Gasteiger partial charge in [0.2, 0.25) is 0 Å². The molecular weight excluding hydrogens is 218 g/mol. The van der Waals surface area contributed by atoms with Crippen molar-refractivity contribution in [3.63, 3.8) is 0 Å². The van der Waals surface area contributed by atoms with Crippen molar-refractivity contribution in [2.24, 2.45) is 17.8 Å². The molecule has 1 aliphatic carbocycles. The van der Waals surface area contributed by atoms with Crippen LogP contribution in [0.4, 0.5) is 0 Å². The molecule has 0 radical (unpaired) electrons. The lowest BCUT2D eigenvalue weighted by atomic mass is 9.93. The van der Waals surface area contributed by atoms with Crippen LogP contribution in [0.3, 0.4) is 0 Å². The van der Waals surface area contributed by atoms with E-state index in [1.54, 1.807) is 5.57 Å². The van der Waals surface area contributed by atoms with Gasteiger partial charge in [-0.25, -0.2) is 0 Å². The molecule has 0 atom stereocenters. The first-order valence-electron chi connectivity index (χ1n) is 8.01. The molecular formula is C17H33N. The zero-order valence-electron chi connectivity index (χ0n) is 13.0. The summed E-state index contributed by atoms with van der Waals surface area (Å²) >= 11 is 0. The van der Waals surface area contributed by atoms with Gasteiger partial charge < -0.3 is 5.32 Å². The summed E-state index contributed by atoms with van der Waals surface area (Å²) in [6.07, 6.45) is 11.2. The first kappa shape index (κ1) is 15.8. The van der Waals surface area contributed by atoms with E-state index in [9.17, 15) is 0 Å². The fourth-order valence-electron chi connectivity index (χ4n) is 2.74. The van der Waals surface area contributed by atoms with Gasteiger partial charge in [0, 0.05) is 6.54 Å². The van der Waals surface area contributed by atoms with E-state index >= 15 is 0 Å². The van der Waals surface area contributed by atoms with Gasteiger partial charge in [0.1, 0.15) is 0 Å². The van der Waals surface area contributed by atoms with Crippen molar-refractivity contribution in [1.82, 2.24) is 5.32 Å². The standard InChI is InChI=1S/C17H33N/c1-14(2)12-18-13-17(15(3)4)11-16-9-7-5-6-8-10-16/h11,14-16,18H,5-10,12-13H2,1-4H3. The van der Waals surface area contributed by atoms with Gasteiger partial charge in [-0.1, -0.05) is 65.0 Å². The normalized spacial score (nSPS) is 19.6. The molecule has 0 saturated heterocycles. The summed E-state index contributed by atoms with van der Waals surface area (Å²) < 4.78 is 0. The molecule has 106 valence electrons. The summed E-state index contributed by atoms with van der Waals surface area (Å²) in [6.45, 7) is 11.4. The van der Waals surface area contributed by atoms with Crippen LogP contribution in [0.15, 0.2) is 11.6 Å². The Bertz CT molecular complexity index is 232. The molecule has 0 aromatic carbocycles. The molecule has 18 heavy (non-hydrogen) atoms. The van der Waals surface area contributed by atoms with Crippen LogP contribution in [-0.4, -0.2) is 13.1 Å². The van der Waals surface area contributed by atoms with Gasteiger partial charge in [0.05, 0.1) is 0 Å². The number of nitrogens with one attached hydrogen (secondary N) is 1. The van der Waals surface area contributed by atoms with Crippen LogP contribution in [0.5, 0.6) is 0 Å². The van der Waals surface area contributed by atoms with Gasteiger partial charge in [-0.2, -0.15) is 0 Å². The van der Waals surface area contributed by atoms with E-state index in [4.69, 9.17) is 0 Å². The van der Waals surface area contributed by atoms with E-state index in [0.29, 0.717) is 5.92 Å². The van der Waals surface area contributed by atoms with Gasteiger partial charge in [0.25, 0.3) is 0 Å². The van der Waals surface area contributed by atoms with Crippen molar-refractivity contribution in [1.29, 1.82) is 0 Å². The van der Waals surface area contributed by atoms with E-state index in [-0.39, 0.29) is 0 Å². The molecule has 1 saturated carbocycles. The van der Waals surface area contributed by atoms with Gasteiger partial charge >= 0.3 is 0 Å². The average Bonchev–Trinajstić information content (AvgIpc) is 2.55. The highest BCUT2D eigenvalue weighted by Gasteiger charge is 2.12. The second kappa shape index (κ2) is 8.74. The molecule has 0 aliphatic heterocycles.